The standard InChI is InChI=1S/C13H10Cl2F3N3/c1-19-10(7-2-4-8(14)5-3-7)12-20-6-9(15)11(21-12)13(16,17)18/h2-6,10,19H,1H3. The van der Waals surface area contributed by atoms with Crippen LogP contribution in [0.5, 0.6) is 0 Å². The molecule has 0 aliphatic heterocycles. The van der Waals surface area contributed by atoms with Gasteiger partial charge in [-0.1, -0.05) is 35.3 Å². The Kier molecular flexibility index (Phi) is 4.70. The van der Waals surface area contributed by atoms with Gasteiger partial charge in [0.2, 0.25) is 0 Å². The zero-order valence-electron chi connectivity index (χ0n) is 10.7. The molecule has 112 valence electrons. The number of hydrogen-bond acceptors (Lipinski definition) is 3. The average molecular weight is 336 g/mol. The Balaban J connectivity index is 2.46. The summed E-state index contributed by atoms with van der Waals surface area (Å²) in [6.07, 6.45) is -3.68. The average Bonchev–Trinajstić information content (AvgIpc) is 2.42. The summed E-state index contributed by atoms with van der Waals surface area (Å²) < 4.78 is 38.5. The van der Waals surface area contributed by atoms with E-state index in [1.807, 2.05) is 0 Å². The normalized spacial score (nSPS) is 13.2. The summed E-state index contributed by atoms with van der Waals surface area (Å²) in [5.41, 5.74) is -0.458. The lowest BCUT2D eigenvalue weighted by Crippen LogP contribution is -2.22. The number of halogens is 5. The second kappa shape index (κ2) is 6.17. The molecule has 1 atom stereocenters. The van der Waals surface area contributed by atoms with Crippen LogP contribution in [0.4, 0.5) is 13.2 Å². The molecule has 3 nitrogen and oxygen atoms in total. The second-order valence-corrected chi connectivity index (χ2v) is 5.04. The maximum atomic E-state index is 12.8. The van der Waals surface area contributed by atoms with Crippen LogP contribution in [0.25, 0.3) is 0 Å². The van der Waals surface area contributed by atoms with Gasteiger partial charge in [0.05, 0.1) is 11.1 Å². The molecule has 2 rings (SSSR count). The van der Waals surface area contributed by atoms with Crippen molar-refractivity contribution in [2.75, 3.05) is 7.05 Å². The molecule has 0 bridgehead atoms. The summed E-state index contributed by atoms with van der Waals surface area (Å²) >= 11 is 11.3. The highest BCUT2D eigenvalue weighted by molar-refractivity contribution is 6.31. The monoisotopic (exact) mass is 335 g/mol. The first-order valence-corrected chi connectivity index (χ1v) is 6.61. The van der Waals surface area contributed by atoms with E-state index in [4.69, 9.17) is 23.2 Å². The number of nitrogens with one attached hydrogen (secondary N) is 1. The number of nitrogens with zero attached hydrogens (tertiary/aromatic N) is 2. The van der Waals surface area contributed by atoms with Gasteiger partial charge in [-0.05, 0) is 24.7 Å². The minimum atomic E-state index is -4.63. The van der Waals surface area contributed by atoms with E-state index >= 15 is 0 Å². The lowest BCUT2D eigenvalue weighted by atomic mass is 10.1. The number of aromatic nitrogens is 2. The molecular weight excluding hydrogens is 326 g/mol. The molecule has 1 aromatic carbocycles. The largest absolute Gasteiger partial charge is 0.434 e. The van der Waals surface area contributed by atoms with E-state index in [9.17, 15) is 13.2 Å². The maximum absolute atomic E-state index is 12.8. The van der Waals surface area contributed by atoms with Crippen molar-refractivity contribution in [3.63, 3.8) is 0 Å². The number of benzene rings is 1. The van der Waals surface area contributed by atoms with E-state index in [1.165, 1.54) is 0 Å². The topological polar surface area (TPSA) is 37.8 Å². The number of alkyl halides is 3. The summed E-state index contributed by atoms with van der Waals surface area (Å²) in [6.45, 7) is 0. The van der Waals surface area contributed by atoms with Gasteiger partial charge in [-0.15, -0.1) is 0 Å². The van der Waals surface area contributed by atoms with E-state index in [0.29, 0.717) is 10.6 Å². The first-order valence-electron chi connectivity index (χ1n) is 5.85. The molecule has 0 fully saturated rings. The molecule has 1 heterocycles. The van der Waals surface area contributed by atoms with Gasteiger partial charge >= 0.3 is 6.18 Å². The molecule has 0 radical (unpaired) electrons. The van der Waals surface area contributed by atoms with Crippen LogP contribution >= 0.6 is 23.2 Å². The van der Waals surface area contributed by atoms with Crippen molar-refractivity contribution >= 4 is 23.2 Å². The van der Waals surface area contributed by atoms with Crippen LogP contribution in [-0.4, -0.2) is 17.0 Å². The van der Waals surface area contributed by atoms with Crippen molar-refractivity contribution in [2.24, 2.45) is 0 Å². The van der Waals surface area contributed by atoms with E-state index in [1.54, 1.807) is 31.3 Å². The molecule has 2 aromatic rings. The van der Waals surface area contributed by atoms with Gasteiger partial charge in [-0.3, -0.25) is 0 Å². The smallest absolute Gasteiger partial charge is 0.307 e. The van der Waals surface area contributed by atoms with Crippen LogP contribution in [-0.2, 0) is 6.18 Å². The van der Waals surface area contributed by atoms with Crippen LogP contribution in [0.15, 0.2) is 30.5 Å². The lowest BCUT2D eigenvalue weighted by molar-refractivity contribution is -0.141. The molecule has 1 unspecified atom stereocenters. The Bertz CT molecular complexity index is 630. The third-order valence-electron chi connectivity index (χ3n) is 2.78. The lowest BCUT2D eigenvalue weighted by Gasteiger charge is -2.17. The quantitative estimate of drug-likeness (QED) is 0.917. The first kappa shape index (κ1) is 16.0. The van der Waals surface area contributed by atoms with Crippen LogP contribution < -0.4 is 5.32 Å². The van der Waals surface area contributed by atoms with Crippen LogP contribution in [0.3, 0.4) is 0 Å². The fraction of sp³-hybridized carbons (Fsp3) is 0.231. The second-order valence-electron chi connectivity index (χ2n) is 4.20. The molecule has 1 N–H and O–H groups in total. The molecule has 21 heavy (non-hydrogen) atoms. The summed E-state index contributed by atoms with van der Waals surface area (Å²) in [5, 5.41) is 2.87. The fourth-order valence-corrected chi connectivity index (χ4v) is 2.14. The SMILES string of the molecule is CNC(c1ccc(Cl)cc1)c1ncc(Cl)c(C(F)(F)F)n1. The van der Waals surface area contributed by atoms with E-state index in [-0.39, 0.29) is 5.82 Å². The zero-order valence-corrected chi connectivity index (χ0v) is 12.3. The van der Waals surface area contributed by atoms with Crippen molar-refractivity contribution in [1.29, 1.82) is 0 Å². The number of hydrogen-bond donors (Lipinski definition) is 1. The molecular formula is C13H10Cl2F3N3. The van der Waals surface area contributed by atoms with Gasteiger partial charge in [0.1, 0.15) is 5.82 Å². The molecule has 0 saturated heterocycles. The third kappa shape index (κ3) is 3.64. The van der Waals surface area contributed by atoms with E-state index in [2.05, 4.69) is 15.3 Å². The van der Waals surface area contributed by atoms with Crippen molar-refractivity contribution in [3.8, 4) is 0 Å². The molecule has 0 spiro atoms. The van der Waals surface area contributed by atoms with Crippen molar-refractivity contribution in [1.82, 2.24) is 15.3 Å². The molecule has 1 aromatic heterocycles. The number of rotatable bonds is 3. The summed E-state index contributed by atoms with van der Waals surface area (Å²) in [4.78, 5) is 7.43. The van der Waals surface area contributed by atoms with E-state index < -0.39 is 22.9 Å². The highest BCUT2D eigenvalue weighted by Crippen LogP contribution is 2.33. The molecule has 0 aliphatic rings. The van der Waals surface area contributed by atoms with Gasteiger partial charge in [0, 0.05) is 11.2 Å². The predicted octanol–water partition coefficient (Wildman–Crippen LogP) is 4.11. The van der Waals surface area contributed by atoms with Gasteiger partial charge < -0.3 is 5.32 Å². The zero-order chi connectivity index (χ0) is 15.6. The van der Waals surface area contributed by atoms with Crippen LogP contribution in [0.1, 0.15) is 23.1 Å². The van der Waals surface area contributed by atoms with Gasteiger partial charge in [0.25, 0.3) is 0 Å². The van der Waals surface area contributed by atoms with Crippen molar-refractivity contribution < 1.29 is 13.2 Å². The highest BCUT2D eigenvalue weighted by Gasteiger charge is 2.36. The Morgan fingerprint density at radius 2 is 1.76 bits per heavy atom. The molecule has 0 aliphatic carbocycles. The Morgan fingerprint density at radius 1 is 1.14 bits per heavy atom. The van der Waals surface area contributed by atoms with Crippen molar-refractivity contribution in [3.05, 3.63) is 57.6 Å². The van der Waals surface area contributed by atoms with Gasteiger partial charge in [-0.2, -0.15) is 13.2 Å². The minimum absolute atomic E-state index is 0.0171. The summed E-state index contributed by atoms with van der Waals surface area (Å²) in [7, 11) is 1.60. The predicted molar refractivity (Wildman–Crippen MR) is 74.4 cm³/mol. The molecule has 0 amide bonds. The summed E-state index contributed by atoms with van der Waals surface area (Å²) in [6, 6.07) is 6.06. The minimum Gasteiger partial charge on any atom is -0.307 e. The van der Waals surface area contributed by atoms with Crippen LogP contribution in [0, 0.1) is 0 Å². The first-order chi connectivity index (χ1) is 9.82. The Labute approximate surface area is 129 Å². The molecule has 8 heteroatoms. The fourth-order valence-electron chi connectivity index (χ4n) is 1.82. The van der Waals surface area contributed by atoms with Gasteiger partial charge in [0.15, 0.2) is 5.69 Å². The summed E-state index contributed by atoms with van der Waals surface area (Å²) in [5.74, 6) is -0.0171. The molecule has 0 saturated carbocycles. The Morgan fingerprint density at radius 3 is 2.29 bits per heavy atom. The highest BCUT2D eigenvalue weighted by atomic mass is 35.5. The van der Waals surface area contributed by atoms with Crippen molar-refractivity contribution in [2.45, 2.75) is 12.2 Å². The van der Waals surface area contributed by atoms with Crippen LogP contribution in [0.2, 0.25) is 10.0 Å². The van der Waals surface area contributed by atoms with E-state index in [0.717, 1.165) is 6.20 Å². The third-order valence-corrected chi connectivity index (χ3v) is 3.31. The maximum Gasteiger partial charge on any atom is 0.434 e. The Hall–Kier alpha value is -1.37. The van der Waals surface area contributed by atoms with Gasteiger partial charge in [-0.25, -0.2) is 9.97 Å².